The van der Waals surface area contributed by atoms with Gasteiger partial charge in [-0.1, -0.05) is 0 Å². The van der Waals surface area contributed by atoms with Gasteiger partial charge < -0.3 is 19.5 Å². The van der Waals surface area contributed by atoms with E-state index in [4.69, 9.17) is 14.6 Å². The summed E-state index contributed by atoms with van der Waals surface area (Å²) in [7, 11) is 0. The number of anilines is 1. The van der Waals surface area contributed by atoms with E-state index in [2.05, 4.69) is 10.3 Å². The second-order valence-corrected chi connectivity index (χ2v) is 5.15. The number of alkyl halides is 2. The van der Waals surface area contributed by atoms with E-state index < -0.39 is 37.6 Å². The number of pyridine rings is 1. The second kappa shape index (κ2) is 5.56. The van der Waals surface area contributed by atoms with Gasteiger partial charge in [0.1, 0.15) is 19.0 Å². The number of hydrogen-bond acceptors (Lipinski definition) is 5. The molecule has 3 rings (SSSR count). The maximum atomic E-state index is 13.4. The molecule has 1 saturated heterocycles. The maximum Gasteiger partial charge on any atom is 0.323 e. The summed E-state index contributed by atoms with van der Waals surface area (Å²) < 4.78 is 37.3. The monoisotopic (exact) mass is 315 g/mol. The smallest absolute Gasteiger partial charge is 0.323 e. The molecule has 1 unspecified atom stereocenters. The van der Waals surface area contributed by atoms with Gasteiger partial charge in [-0.3, -0.25) is 5.32 Å². The SMILES string of the molecule is O=C(Nc1ccc2c(n1)OCCO2)N1CC(F)(F)CC1CO. The van der Waals surface area contributed by atoms with Gasteiger partial charge in [-0.05, 0) is 12.1 Å². The molecule has 0 aliphatic carbocycles. The lowest BCUT2D eigenvalue weighted by atomic mass is 10.2. The molecule has 2 aliphatic heterocycles. The molecule has 0 aromatic carbocycles. The van der Waals surface area contributed by atoms with Crippen molar-refractivity contribution in [2.24, 2.45) is 0 Å². The first kappa shape index (κ1) is 14.8. The van der Waals surface area contributed by atoms with Crippen molar-refractivity contribution in [3.63, 3.8) is 0 Å². The van der Waals surface area contributed by atoms with Crippen LogP contribution in [0.1, 0.15) is 6.42 Å². The first-order chi connectivity index (χ1) is 10.5. The summed E-state index contributed by atoms with van der Waals surface area (Å²) in [6.45, 7) is -0.476. The zero-order valence-electron chi connectivity index (χ0n) is 11.6. The first-order valence-corrected chi connectivity index (χ1v) is 6.81. The average molecular weight is 315 g/mol. The van der Waals surface area contributed by atoms with E-state index in [1.54, 1.807) is 6.07 Å². The number of aliphatic hydroxyl groups is 1. The predicted octanol–water partition coefficient (Wildman–Crippen LogP) is 1.09. The molecule has 22 heavy (non-hydrogen) atoms. The number of rotatable bonds is 2. The summed E-state index contributed by atoms with van der Waals surface area (Å²) in [4.78, 5) is 17.1. The Kier molecular flexibility index (Phi) is 3.73. The summed E-state index contributed by atoms with van der Waals surface area (Å²) in [5.74, 6) is -2.12. The standard InChI is InChI=1S/C13H15F2N3O4/c14-13(15)5-8(6-19)18(7-13)12(20)17-10-2-1-9-11(16-10)22-4-3-21-9/h1-2,8,19H,3-7H2,(H,16,17,20). The molecule has 2 N–H and O–H groups in total. The van der Waals surface area contributed by atoms with Crippen molar-refractivity contribution < 1.29 is 28.2 Å². The number of amides is 2. The van der Waals surface area contributed by atoms with Crippen molar-refractivity contribution in [1.29, 1.82) is 0 Å². The molecule has 2 amide bonds. The van der Waals surface area contributed by atoms with Crippen molar-refractivity contribution in [1.82, 2.24) is 9.88 Å². The van der Waals surface area contributed by atoms with E-state index in [-0.39, 0.29) is 11.7 Å². The van der Waals surface area contributed by atoms with Crippen LogP contribution >= 0.6 is 0 Å². The van der Waals surface area contributed by atoms with E-state index in [1.807, 2.05) is 0 Å². The summed E-state index contributed by atoms with van der Waals surface area (Å²) in [6.07, 6.45) is -0.550. The predicted molar refractivity (Wildman–Crippen MR) is 71.4 cm³/mol. The van der Waals surface area contributed by atoms with Crippen LogP contribution in [0.4, 0.5) is 19.4 Å². The van der Waals surface area contributed by atoms with Crippen LogP contribution in [-0.2, 0) is 0 Å². The first-order valence-electron chi connectivity index (χ1n) is 6.81. The number of urea groups is 1. The number of aliphatic hydroxyl groups excluding tert-OH is 1. The molecule has 0 radical (unpaired) electrons. The van der Waals surface area contributed by atoms with Crippen molar-refractivity contribution in [2.45, 2.75) is 18.4 Å². The van der Waals surface area contributed by atoms with Gasteiger partial charge in [-0.2, -0.15) is 4.98 Å². The number of likely N-dealkylation sites (tertiary alicyclic amines) is 1. The number of nitrogens with zero attached hydrogens (tertiary/aromatic N) is 2. The van der Waals surface area contributed by atoms with Crippen LogP contribution in [0.3, 0.4) is 0 Å². The van der Waals surface area contributed by atoms with Crippen LogP contribution in [0.5, 0.6) is 11.6 Å². The van der Waals surface area contributed by atoms with Gasteiger partial charge in [0.2, 0.25) is 0 Å². The van der Waals surface area contributed by atoms with E-state index >= 15 is 0 Å². The van der Waals surface area contributed by atoms with Gasteiger partial charge in [0.05, 0.1) is 19.2 Å². The Balaban J connectivity index is 1.71. The molecule has 0 bridgehead atoms. The maximum absolute atomic E-state index is 13.4. The van der Waals surface area contributed by atoms with E-state index in [9.17, 15) is 13.6 Å². The number of fused-ring (bicyclic) bond motifs is 1. The highest BCUT2D eigenvalue weighted by Gasteiger charge is 2.46. The number of halogens is 2. The minimum Gasteiger partial charge on any atom is -0.484 e. The van der Waals surface area contributed by atoms with Gasteiger partial charge in [0, 0.05) is 6.42 Å². The van der Waals surface area contributed by atoms with Crippen LogP contribution in [-0.4, -0.2) is 59.4 Å². The molecule has 2 aliphatic rings. The summed E-state index contributed by atoms with van der Waals surface area (Å²) in [6, 6.07) is 1.43. The summed E-state index contributed by atoms with van der Waals surface area (Å²) >= 11 is 0. The molecule has 1 fully saturated rings. The zero-order chi connectivity index (χ0) is 15.7. The molecule has 0 saturated carbocycles. The van der Waals surface area contributed by atoms with Gasteiger partial charge >= 0.3 is 6.03 Å². The molecule has 1 aromatic heterocycles. The van der Waals surface area contributed by atoms with Crippen LogP contribution in [0.25, 0.3) is 0 Å². The fourth-order valence-corrected chi connectivity index (χ4v) is 2.48. The number of ether oxygens (including phenoxy) is 2. The number of carbonyl (C=O) groups excluding carboxylic acids is 1. The lowest BCUT2D eigenvalue weighted by Gasteiger charge is -2.23. The Morgan fingerprint density at radius 1 is 1.45 bits per heavy atom. The molecule has 1 atom stereocenters. The van der Waals surface area contributed by atoms with Gasteiger partial charge in [-0.25, -0.2) is 13.6 Å². The highest BCUT2D eigenvalue weighted by Crippen LogP contribution is 2.33. The molecular formula is C13H15F2N3O4. The fourth-order valence-electron chi connectivity index (χ4n) is 2.48. The Hall–Kier alpha value is -2.16. The third-order valence-electron chi connectivity index (χ3n) is 3.49. The van der Waals surface area contributed by atoms with Gasteiger partial charge in [0.25, 0.3) is 11.8 Å². The highest BCUT2D eigenvalue weighted by atomic mass is 19.3. The van der Waals surface area contributed by atoms with E-state index in [1.165, 1.54) is 6.07 Å². The molecule has 1 aromatic rings. The third kappa shape index (κ3) is 2.89. The largest absolute Gasteiger partial charge is 0.484 e. The summed E-state index contributed by atoms with van der Waals surface area (Å²) in [5, 5.41) is 11.6. The molecular weight excluding hydrogens is 300 g/mol. The normalized spacial score (nSPS) is 22.5. The Bertz CT molecular complexity index is 584. The lowest BCUT2D eigenvalue weighted by Crippen LogP contribution is -2.41. The number of carbonyl (C=O) groups is 1. The molecule has 3 heterocycles. The topological polar surface area (TPSA) is 83.9 Å². The third-order valence-corrected chi connectivity index (χ3v) is 3.49. The second-order valence-electron chi connectivity index (χ2n) is 5.15. The van der Waals surface area contributed by atoms with Crippen molar-refractivity contribution in [2.75, 3.05) is 31.7 Å². The number of hydrogen-bond donors (Lipinski definition) is 2. The Morgan fingerprint density at radius 3 is 3.00 bits per heavy atom. The molecule has 9 heteroatoms. The van der Waals surface area contributed by atoms with Crippen LogP contribution in [0, 0.1) is 0 Å². The minimum atomic E-state index is -3.00. The summed E-state index contributed by atoms with van der Waals surface area (Å²) in [5.41, 5.74) is 0. The fraction of sp³-hybridized carbons (Fsp3) is 0.538. The quantitative estimate of drug-likeness (QED) is 0.853. The highest BCUT2D eigenvalue weighted by molar-refractivity contribution is 5.89. The average Bonchev–Trinajstić information content (AvgIpc) is 2.82. The molecule has 7 nitrogen and oxygen atoms in total. The van der Waals surface area contributed by atoms with Crippen LogP contribution < -0.4 is 14.8 Å². The molecule has 120 valence electrons. The Morgan fingerprint density at radius 2 is 2.23 bits per heavy atom. The van der Waals surface area contributed by atoms with Gasteiger partial charge in [0.15, 0.2) is 5.75 Å². The zero-order valence-corrected chi connectivity index (χ0v) is 11.6. The van der Waals surface area contributed by atoms with Crippen molar-refractivity contribution >= 4 is 11.8 Å². The minimum absolute atomic E-state index is 0.168. The lowest BCUT2D eigenvalue weighted by molar-refractivity contribution is 0.0145. The number of nitrogens with one attached hydrogen (secondary N) is 1. The Labute approximate surface area is 124 Å². The van der Waals surface area contributed by atoms with Crippen LogP contribution in [0.2, 0.25) is 0 Å². The van der Waals surface area contributed by atoms with Crippen molar-refractivity contribution in [3.05, 3.63) is 12.1 Å². The van der Waals surface area contributed by atoms with E-state index in [0.29, 0.717) is 19.0 Å². The van der Waals surface area contributed by atoms with Crippen molar-refractivity contribution in [3.8, 4) is 11.6 Å². The number of aromatic nitrogens is 1. The van der Waals surface area contributed by atoms with Gasteiger partial charge in [-0.15, -0.1) is 0 Å². The van der Waals surface area contributed by atoms with E-state index in [0.717, 1.165) is 4.90 Å². The molecule has 0 spiro atoms. The van der Waals surface area contributed by atoms with Crippen LogP contribution in [0.15, 0.2) is 12.1 Å².